The zero-order valence-electron chi connectivity index (χ0n) is 12.2. The summed E-state index contributed by atoms with van der Waals surface area (Å²) >= 11 is 11.1. The monoisotopic (exact) mass is 434 g/mol. The van der Waals surface area contributed by atoms with Gasteiger partial charge in [0.1, 0.15) is 11.5 Å². The molecule has 1 aromatic carbocycles. The molecule has 4 nitrogen and oxygen atoms in total. The Morgan fingerprint density at radius 1 is 1.15 bits per heavy atom. The molecule has 2 rings (SSSR count). The Morgan fingerprint density at radius 3 is 2.12 bits per heavy atom. The number of nitriles is 1. The summed E-state index contributed by atoms with van der Waals surface area (Å²) in [4.78, 5) is -0.550. The number of hydrogen-bond donors (Lipinski definition) is 1. The Hall–Kier alpha value is -1.77. The van der Waals surface area contributed by atoms with Gasteiger partial charge in [0, 0.05) is 0 Å². The van der Waals surface area contributed by atoms with E-state index in [4.69, 9.17) is 34.2 Å². The summed E-state index contributed by atoms with van der Waals surface area (Å²) in [6, 6.07) is 2.73. The number of alkyl halides is 6. The SMILES string of the molecule is N#CCc1nn(-c2c(Cl)cc(C(F)(F)F)cc2Cl)c(N)c1SC(F)(F)F. The van der Waals surface area contributed by atoms with E-state index >= 15 is 0 Å². The van der Waals surface area contributed by atoms with Gasteiger partial charge < -0.3 is 5.73 Å². The maximum atomic E-state index is 12.8. The molecule has 0 saturated carbocycles. The summed E-state index contributed by atoms with van der Waals surface area (Å²) in [5.41, 5.74) is -0.838. The van der Waals surface area contributed by atoms with E-state index in [2.05, 4.69) is 5.10 Å². The average molecular weight is 435 g/mol. The number of rotatable bonds is 3. The highest BCUT2D eigenvalue weighted by atomic mass is 35.5. The fourth-order valence-electron chi connectivity index (χ4n) is 1.98. The Kier molecular flexibility index (Phi) is 5.60. The minimum Gasteiger partial charge on any atom is -0.383 e. The zero-order valence-corrected chi connectivity index (χ0v) is 14.5. The van der Waals surface area contributed by atoms with E-state index in [0.717, 1.165) is 0 Å². The lowest BCUT2D eigenvalue weighted by atomic mass is 10.2. The minimum atomic E-state index is -4.73. The molecule has 140 valence electrons. The van der Waals surface area contributed by atoms with Gasteiger partial charge in [-0.25, -0.2) is 4.68 Å². The lowest BCUT2D eigenvalue weighted by molar-refractivity contribution is -0.137. The summed E-state index contributed by atoms with van der Waals surface area (Å²) in [7, 11) is 0. The second-order valence-corrected chi connectivity index (χ2v) is 6.63. The second-order valence-electron chi connectivity index (χ2n) is 4.74. The van der Waals surface area contributed by atoms with Crippen molar-refractivity contribution in [2.45, 2.75) is 23.0 Å². The molecule has 0 fully saturated rings. The highest BCUT2D eigenvalue weighted by Crippen LogP contribution is 2.44. The highest BCUT2D eigenvalue weighted by molar-refractivity contribution is 8.00. The molecule has 0 spiro atoms. The molecule has 0 atom stereocenters. The number of thioether (sulfide) groups is 1. The Balaban J connectivity index is 2.66. The van der Waals surface area contributed by atoms with Gasteiger partial charge in [-0.1, -0.05) is 23.2 Å². The van der Waals surface area contributed by atoms with Crippen LogP contribution in [0.1, 0.15) is 11.3 Å². The molecule has 13 heteroatoms. The van der Waals surface area contributed by atoms with Gasteiger partial charge in [-0.05, 0) is 23.9 Å². The molecular formula is C13H6Cl2F6N4S. The topological polar surface area (TPSA) is 67.6 Å². The van der Waals surface area contributed by atoms with E-state index in [0.29, 0.717) is 16.8 Å². The predicted molar refractivity (Wildman–Crippen MR) is 84.2 cm³/mol. The first-order valence-electron chi connectivity index (χ1n) is 6.42. The molecule has 26 heavy (non-hydrogen) atoms. The van der Waals surface area contributed by atoms with Crippen LogP contribution in [0.25, 0.3) is 5.69 Å². The third-order valence-corrected chi connectivity index (χ3v) is 4.42. The van der Waals surface area contributed by atoms with Crippen molar-refractivity contribution in [2.75, 3.05) is 5.73 Å². The van der Waals surface area contributed by atoms with Gasteiger partial charge in [0.2, 0.25) is 0 Å². The predicted octanol–water partition coefficient (Wildman–Crippen LogP) is 5.46. The van der Waals surface area contributed by atoms with Crippen LogP contribution in [0.2, 0.25) is 10.0 Å². The van der Waals surface area contributed by atoms with Crippen molar-refractivity contribution in [3.05, 3.63) is 33.4 Å². The first-order valence-corrected chi connectivity index (χ1v) is 7.99. The summed E-state index contributed by atoms with van der Waals surface area (Å²) in [5, 5.41) is 11.5. The number of benzene rings is 1. The lowest BCUT2D eigenvalue weighted by Crippen LogP contribution is -2.09. The molecule has 2 N–H and O–H groups in total. The van der Waals surface area contributed by atoms with Crippen molar-refractivity contribution in [3.63, 3.8) is 0 Å². The summed E-state index contributed by atoms with van der Waals surface area (Å²) < 4.78 is 77.2. The van der Waals surface area contributed by atoms with Crippen molar-refractivity contribution < 1.29 is 26.3 Å². The summed E-state index contributed by atoms with van der Waals surface area (Å²) in [6.07, 6.45) is -5.24. The maximum absolute atomic E-state index is 12.8. The van der Waals surface area contributed by atoms with Crippen LogP contribution in [0.4, 0.5) is 32.2 Å². The number of nitrogen functional groups attached to an aromatic ring is 1. The van der Waals surface area contributed by atoms with E-state index in [1.807, 2.05) is 0 Å². The van der Waals surface area contributed by atoms with Crippen molar-refractivity contribution >= 4 is 40.8 Å². The fourth-order valence-corrected chi connectivity index (χ4v) is 3.28. The zero-order chi connectivity index (χ0) is 19.9. The molecule has 1 aromatic heterocycles. The first kappa shape index (κ1) is 20.5. The fraction of sp³-hybridized carbons (Fsp3) is 0.231. The van der Waals surface area contributed by atoms with Crippen LogP contribution in [0.5, 0.6) is 0 Å². The van der Waals surface area contributed by atoms with Gasteiger partial charge in [-0.15, -0.1) is 0 Å². The molecule has 2 aromatic rings. The van der Waals surface area contributed by atoms with Crippen LogP contribution in [0, 0.1) is 11.3 Å². The third-order valence-electron chi connectivity index (χ3n) is 2.96. The van der Waals surface area contributed by atoms with Gasteiger partial charge >= 0.3 is 11.7 Å². The molecule has 1 heterocycles. The van der Waals surface area contributed by atoms with E-state index in [-0.39, 0.29) is 11.4 Å². The largest absolute Gasteiger partial charge is 0.446 e. The van der Waals surface area contributed by atoms with Gasteiger partial charge in [0.25, 0.3) is 0 Å². The molecule has 0 aliphatic heterocycles. The quantitative estimate of drug-likeness (QED) is 0.514. The van der Waals surface area contributed by atoms with E-state index in [9.17, 15) is 26.3 Å². The van der Waals surface area contributed by atoms with E-state index in [1.54, 1.807) is 6.07 Å². The number of hydrogen-bond acceptors (Lipinski definition) is 4. The van der Waals surface area contributed by atoms with Crippen LogP contribution >= 0.6 is 35.0 Å². The van der Waals surface area contributed by atoms with E-state index in [1.165, 1.54) is 0 Å². The first-order chi connectivity index (χ1) is 11.8. The van der Waals surface area contributed by atoms with Crippen molar-refractivity contribution in [2.24, 2.45) is 0 Å². The van der Waals surface area contributed by atoms with E-state index < -0.39 is 56.2 Å². The summed E-state index contributed by atoms with van der Waals surface area (Å²) in [6.45, 7) is 0. The Labute approximate surface area is 156 Å². The molecule has 0 bridgehead atoms. The Morgan fingerprint density at radius 2 is 1.69 bits per heavy atom. The summed E-state index contributed by atoms with van der Waals surface area (Å²) in [5.74, 6) is -0.555. The van der Waals surface area contributed by atoms with Crippen LogP contribution in [0.15, 0.2) is 17.0 Å². The molecule has 0 amide bonds. The molecule has 0 unspecified atom stereocenters. The highest BCUT2D eigenvalue weighted by Gasteiger charge is 2.35. The van der Waals surface area contributed by atoms with Crippen LogP contribution in [-0.2, 0) is 12.6 Å². The molecular weight excluding hydrogens is 429 g/mol. The second kappa shape index (κ2) is 7.09. The van der Waals surface area contributed by atoms with Crippen molar-refractivity contribution in [1.29, 1.82) is 5.26 Å². The molecule has 0 aliphatic rings. The lowest BCUT2D eigenvalue weighted by Gasteiger charge is -2.13. The average Bonchev–Trinajstić information content (AvgIpc) is 2.74. The van der Waals surface area contributed by atoms with Crippen LogP contribution in [0.3, 0.4) is 0 Å². The normalized spacial score (nSPS) is 12.3. The molecule has 0 radical (unpaired) electrons. The standard InChI is InChI=1S/C13H6Cl2F6N4S/c14-6-3-5(12(16,17)18)4-7(15)9(6)25-11(23)10(26-13(19,20)21)8(24-25)1-2-22/h3-4H,1,23H2. The molecule has 0 saturated heterocycles. The molecule has 0 aliphatic carbocycles. The van der Waals surface area contributed by atoms with Crippen molar-refractivity contribution in [1.82, 2.24) is 9.78 Å². The third kappa shape index (κ3) is 4.31. The van der Waals surface area contributed by atoms with Crippen LogP contribution < -0.4 is 5.73 Å². The number of halogens is 8. The van der Waals surface area contributed by atoms with Gasteiger partial charge in [-0.3, -0.25) is 0 Å². The van der Waals surface area contributed by atoms with Gasteiger partial charge in [0.05, 0.1) is 38.7 Å². The Bertz CT molecular complexity index is 861. The van der Waals surface area contributed by atoms with Crippen LogP contribution in [-0.4, -0.2) is 15.3 Å². The minimum absolute atomic E-state index is 0.306. The number of aromatic nitrogens is 2. The number of nitrogens with two attached hydrogens (primary N) is 1. The van der Waals surface area contributed by atoms with Gasteiger partial charge in [0.15, 0.2) is 0 Å². The number of anilines is 1. The smallest absolute Gasteiger partial charge is 0.383 e. The number of nitrogens with zero attached hydrogens (tertiary/aromatic N) is 3. The van der Waals surface area contributed by atoms with Gasteiger partial charge in [-0.2, -0.15) is 36.7 Å². The van der Waals surface area contributed by atoms with Crippen molar-refractivity contribution in [3.8, 4) is 11.8 Å². The maximum Gasteiger partial charge on any atom is 0.446 e.